The van der Waals surface area contributed by atoms with E-state index in [0.29, 0.717) is 6.54 Å². The molecule has 1 aromatic carbocycles. The number of imidazole rings is 1. The Morgan fingerprint density at radius 1 is 1.35 bits per heavy atom. The van der Waals surface area contributed by atoms with E-state index < -0.39 is 0 Å². The average Bonchev–Trinajstić information content (AvgIpc) is 2.83. The van der Waals surface area contributed by atoms with Crippen LogP contribution in [0.15, 0.2) is 43.0 Å². The molecule has 90 valence electrons. The molecule has 0 radical (unpaired) electrons. The Labute approximate surface area is 101 Å². The zero-order valence-electron chi connectivity index (χ0n) is 9.87. The molecule has 4 heteroatoms. The summed E-state index contributed by atoms with van der Waals surface area (Å²) in [5, 5.41) is 12.3. The summed E-state index contributed by atoms with van der Waals surface area (Å²) in [6, 6.07) is 8.26. The zero-order valence-corrected chi connectivity index (χ0v) is 9.87. The van der Waals surface area contributed by atoms with E-state index in [4.69, 9.17) is 5.11 Å². The van der Waals surface area contributed by atoms with Crippen molar-refractivity contribution in [1.29, 1.82) is 0 Å². The van der Waals surface area contributed by atoms with E-state index in [-0.39, 0.29) is 6.10 Å². The lowest BCUT2D eigenvalue weighted by atomic mass is 10.2. The smallest absolute Gasteiger partial charge is 0.0991 e. The fourth-order valence-electron chi connectivity index (χ4n) is 1.62. The quantitative estimate of drug-likeness (QED) is 0.816. The average molecular weight is 231 g/mol. The first-order valence-corrected chi connectivity index (χ1v) is 5.72. The highest BCUT2D eigenvalue weighted by molar-refractivity contribution is 5.34. The minimum absolute atomic E-state index is 0.305. The Bertz CT molecular complexity index is 434. The number of aromatic nitrogens is 2. The van der Waals surface area contributed by atoms with Gasteiger partial charge < -0.3 is 15.0 Å². The van der Waals surface area contributed by atoms with Gasteiger partial charge in [-0.25, -0.2) is 4.98 Å². The number of nitrogens with one attached hydrogen (secondary N) is 1. The lowest BCUT2D eigenvalue weighted by molar-refractivity contribution is 0.191. The van der Waals surface area contributed by atoms with Crippen LogP contribution in [0.3, 0.4) is 0 Å². The molecular formula is C13H17N3O. The molecule has 17 heavy (non-hydrogen) atoms. The summed E-state index contributed by atoms with van der Waals surface area (Å²) < 4.78 is 1.97. The number of hydrogen-bond donors (Lipinski definition) is 2. The maximum atomic E-state index is 9.13. The highest BCUT2D eigenvalue weighted by Gasteiger charge is 1.98. The molecule has 4 nitrogen and oxygen atoms in total. The van der Waals surface area contributed by atoms with Gasteiger partial charge in [0.1, 0.15) is 0 Å². The summed E-state index contributed by atoms with van der Waals surface area (Å²) in [6.07, 6.45) is 5.15. The summed E-state index contributed by atoms with van der Waals surface area (Å²) in [5.74, 6) is 0. The fraction of sp³-hybridized carbons (Fsp3) is 0.308. The van der Waals surface area contributed by atoms with Crippen molar-refractivity contribution in [2.45, 2.75) is 19.6 Å². The topological polar surface area (TPSA) is 50.1 Å². The Hall–Kier alpha value is -1.65. The van der Waals surface area contributed by atoms with Crippen LogP contribution in [0.1, 0.15) is 12.5 Å². The van der Waals surface area contributed by atoms with Crippen molar-refractivity contribution in [2.24, 2.45) is 0 Å². The van der Waals surface area contributed by atoms with E-state index in [2.05, 4.69) is 34.6 Å². The van der Waals surface area contributed by atoms with Crippen molar-refractivity contribution in [3.05, 3.63) is 48.5 Å². The van der Waals surface area contributed by atoms with Gasteiger partial charge in [0.15, 0.2) is 0 Å². The van der Waals surface area contributed by atoms with Crippen molar-refractivity contribution in [1.82, 2.24) is 14.9 Å². The van der Waals surface area contributed by atoms with Gasteiger partial charge in [0.2, 0.25) is 0 Å². The monoisotopic (exact) mass is 231 g/mol. The number of aliphatic hydroxyl groups is 1. The summed E-state index contributed by atoms with van der Waals surface area (Å²) >= 11 is 0. The minimum atomic E-state index is -0.305. The molecule has 2 aromatic rings. The third kappa shape index (κ3) is 3.41. The first-order chi connectivity index (χ1) is 8.25. The lowest BCUT2D eigenvalue weighted by Crippen LogP contribution is -2.23. The summed E-state index contributed by atoms with van der Waals surface area (Å²) in [7, 11) is 0. The maximum absolute atomic E-state index is 9.13. The molecule has 1 aromatic heterocycles. The van der Waals surface area contributed by atoms with Gasteiger partial charge >= 0.3 is 0 Å². The van der Waals surface area contributed by atoms with Crippen LogP contribution in [0.25, 0.3) is 5.69 Å². The van der Waals surface area contributed by atoms with E-state index in [1.165, 1.54) is 5.56 Å². The second kappa shape index (κ2) is 5.61. The van der Waals surface area contributed by atoms with E-state index in [1.54, 1.807) is 19.4 Å². The first-order valence-electron chi connectivity index (χ1n) is 5.72. The Balaban J connectivity index is 1.94. The molecule has 0 bridgehead atoms. The van der Waals surface area contributed by atoms with Gasteiger partial charge in [-0.15, -0.1) is 0 Å². The van der Waals surface area contributed by atoms with Crippen molar-refractivity contribution in [3.63, 3.8) is 0 Å². The second-order valence-electron chi connectivity index (χ2n) is 4.12. The zero-order chi connectivity index (χ0) is 12.1. The van der Waals surface area contributed by atoms with Crippen LogP contribution >= 0.6 is 0 Å². The molecule has 0 saturated carbocycles. The normalized spacial score (nSPS) is 12.6. The molecule has 0 fully saturated rings. The van der Waals surface area contributed by atoms with E-state index in [0.717, 1.165) is 12.2 Å². The largest absolute Gasteiger partial charge is 0.392 e. The van der Waals surface area contributed by atoms with E-state index in [9.17, 15) is 0 Å². The molecule has 2 N–H and O–H groups in total. The third-order valence-corrected chi connectivity index (χ3v) is 2.51. The number of benzene rings is 1. The molecule has 0 spiro atoms. The van der Waals surface area contributed by atoms with Crippen molar-refractivity contribution in [3.8, 4) is 5.69 Å². The molecule has 1 heterocycles. The SMILES string of the molecule is CC(O)CNCc1ccc(-n2ccnc2)cc1. The predicted molar refractivity (Wildman–Crippen MR) is 67.0 cm³/mol. The lowest BCUT2D eigenvalue weighted by Gasteiger charge is -2.08. The van der Waals surface area contributed by atoms with Crippen LogP contribution in [0.4, 0.5) is 0 Å². The molecule has 0 amide bonds. The molecule has 0 aliphatic heterocycles. The highest BCUT2D eigenvalue weighted by atomic mass is 16.3. The van der Waals surface area contributed by atoms with Crippen LogP contribution < -0.4 is 5.32 Å². The van der Waals surface area contributed by atoms with Gasteiger partial charge in [0, 0.05) is 31.2 Å². The third-order valence-electron chi connectivity index (χ3n) is 2.51. The second-order valence-corrected chi connectivity index (χ2v) is 4.12. The van der Waals surface area contributed by atoms with Gasteiger partial charge in [-0.05, 0) is 24.6 Å². The minimum Gasteiger partial charge on any atom is -0.392 e. The molecule has 2 rings (SSSR count). The molecule has 0 saturated heterocycles. The van der Waals surface area contributed by atoms with Gasteiger partial charge in [-0.1, -0.05) is 12.1 Å². The van der Waals surface area contributed by atoms with Crippen LogP contribution in [0.2, 0.25) is 0 Å². The first kappa shape index (κ1) is 11.8. The van der Waals surface area contributed by atoms with E-state index in [1.807, 2.05) is 10.8 Å². The summed E-state index contributed by atoms with van der Waals surface area (Å²) in [4.78, 5) is 4.01. The van der Waals surface area contributed by atoms with Crippen molar-refractivity contribution >= 4 is 0 Å². The molecule has 1 unspecified atom stereocenters. The Morgan fingerprint density at radius 3 is 2.71 bits per heavy atom. The van der Waals surface area contributed by atoms with Gasteiger partial charge in [0.05, 0.1) is 12.4 Å². The van der Waals surface area contributed by atoms with Crippen LogP contribution in [-0.4, -0.2) is 27.3 Å². The van der Waals surface area contributed by atoms with Crippen LogP contribution in [0.5, 0.6) is 0 Å². The van der Waals surface area contributed by atoms with Gasteiger partial charge in [0.25, 0.3) is 0 Å². The molecule has 0 aliphatic carbocycles. The number of hydrogen-bond acceptors (Lipinski definition) is 3. The van der Waals surface area contributed by atoms with Crippen molar-refractivity contribution < 1.29 is 5.11 Å². The standard InChI is InChI=1S/C13H17N3O/c1-11(17)8-15-9-12-2-4-13(5-3-12)16-7-6-14-10-16/h2-7,10-11,15,17H,8-9H2,1H3. The molecular weight excluding hydrogens is 214 g/mol. The molecule has 0 aliphatic rings. The highest BCUT2D eigenvalue weighted by Crippen LogP contribution is 2.08. The maximum Gasteiger partial charge on any atom is 0.0991 e. The predicted octanol–water partition coefficient (Wildman–Crippen LogP) is 1.34. The summed E-state index contributed by atoms with van der Waals surface area (Å²) in [6.45, 7) is 3.16. The van der Waals surface area contributed by atoms with Crippen LogP contribution in [-0.2, 0) is 6.54 Å². The molecule has 1 atom stereocenters. The number of aliphatic hydroxyl groups excluding tert-OH is 1. The number of nitrogens with zero attached hydrogens (tertiary/aromatic N) is 2. The van der Waals surface area contributed by atoms with E-state index >= 15 is 0 Å². The summed E-state index contributed by atoms with van der Waals surface area (Å²) in [5.41, 5.74) is 2.30. The Morgan fingerprint density at radius 2 is 2.12 bits per heavy atom. The van der Waals surface area contributed by atoms with Gasteiger partial charge in [-0.2, -0.15) is 0 Å². The van der Waals surface area contributed by atoms with Gasteiger partial charge in [-0.3, -0.25) is 0 Å². The Kier molecular flexibility index (Phi) is 3.90. The number of rotatable bonds is 5. The fourth-order valence-corrected chi connectivity index (χ4v) is 1.62. The van der Waals surface area contributed by atoms with Crippen LogP contribution in [0, 0.1) is 0 Å². The van der Waals surface area contributed by atoms with Crippen molar-refractivity contribution in [2.75, 3.05) is 6.54 Å².